The molecule has 1 aliphatic rings. The van der Waals surface area contributed by atoms with Crippen molar-refractivity contribution in [3.63, 3.8) is 0 Å². The van der Waals surface area contributed by atoms with Crippen molar-refractivity contribution in [3.8, 4) is 0 Å². The summed E-state index contributed by atoms with van der Waals surface area (Å²) in [6.45, 7) is 0. The average Bonchev–Trinajstić information content (AvgIpc) is 2.64. The molecule has 2 rings (SSSR count). The van der Waals surface area contributed by atoms with Crippen molar-refractivity contribution in [1.82, 2.24) is 4.89 Å². The van der Waals surface area contributed by atoms with Gasteiger partial charge in [-0.05, 0) is 29.2 Å². The molecule has 0 radical (unpaired) electrons. The Labute approximate surface area is 97.4 Å². The van der Waals surface area contributed by atoms with Gasteiger partial charge in [0.15, 0.2) is 0 Å². The number of aliphatic hydroxyl groups is 1. The normalized spacial score (nSPS) is 24.4. The largest absolute Gasteiger partial charge is 0.370 e. The number of nitrogens with one attached hydrogen (secondary N) is 1. The van der Waals surface area contributed by atoms with Gasteiger partial charge >= 0.3 is 0 Å². The minimum atomic E-state index is -3.95. The molecular weight excluding hydrogens is 250 g/mol. The maximum absolute atomic E-state index is 11.7. The molecule has 0 saturated carbocycles. The first kappa shape index (κ1) is 11.7. The summed E-state index contributed by atoms with van der Waals surface area (Å²) in [5, 5.41) is 11.9. The van der Waals surface area contributed by atoms with E-state index in [1.165, 1.54) is 24.5 Å². The van der Waals surface area contributed by atoms with Crippen LogP contribution in [0.5, 0.6) is 0 Å². The Hall–Kier alpha value is -0.730. The molecule has 0 saturated heterocycles. The Balaban J connectivity index is 2.37. The second-order valence-electron chi connectivity index (χ2n) is 3.46. The number of hydrogen-bond acceptors (Lipinski definition) is 5. The van der Waals surface area contributed by atoms with Gasteiger partial charge in [0, 0.05) is 11.3 Å². The summed E-state index contributed by atoms with van der Waals surface area (Å²) in [6, 6.07) is 1.80. The van der Waals surface area contributed by atoms with Crippen molar-refractivity contribution in [1.29, 1.82) is 0 Å². The van der Waals surface area contributed by atoms with Gasteiger partial charge in [-0.2, -0.15) is 0 Å². The van der Waals surface area contributed by atoms with Crippen LogP contribution in [0.1, 0.15) is 10.4 Å². The summed E-state index contributed by atoms with van der Waals surface area (Å²) in [5.41, 5.74) is 0.816. The smallest absolute Gasteiger partial charge is 0.267 e. The first-order valence-corrected chi connectivity index (χ1v) is 6.87. The van der Waals surface area contributed by atoms with E-state index in [-0.39, 0.29) is 6.42 Å². The Bertz CT molecular complexity index is 519. The SMILES string of the molecule is CONS(=O)(=O)C1(O)C=Cc2sccc2C1. The van der Waals surface area contributed by atoms with Crippen LogP contribution in [0.4, 0.5) is 0 Å². The van der Waals surface area contributed by atoms with E-state index < -0.39 is 15.0 Å². The summed E-state index contributed by atoms with van der Waals surface area (Å²) in [7, 11) is -2.77. The van der Waals surface area contributed by atoms with Crippen LogP contribution in [0.15, 0.2) is 17.5 Å². The molecule has 7 heteroatoms. The monoisotopic (exact) mass is 261 g/mol. The van der Waals surface area contributed by atoms with Crippen LogP contribution < -0.4 is 4.89 Å². The number of rotatable bonds is 3. The predicted octanol–water partition coefficient (Wildman–Crippen LogP) is 0.487. The maximum Gasteiger partial charge on any atom is 0.267 e. The number of fused-ring (bicyclic) bond motifs is 1. The molecule has 1 aromatic heterocycles. The van der Waals surface area contributed by atoms with E-state index in [1.54, 1.807) is 12.1 Å². The van der Waals surface area contributed by atoms with Gasteiger partial charge in [0.25, 0.3) is 10.0 Å². The summed E-state index contributed by atoms with van der Waals surface area (Å²) < 4.78 is 23.4. The van der Waals surface area contributed by atoms with Crippen LogP contribution in [-0.2, 0) is 21.3 Å². The lowest BCUT2D eigenvalue weighted by atomic mass is 10.0. The molecule has 2 N–H and O–H groups in total. The molecule has 1 unspecified atom stereocenters. The summed E-state index contributed by atoms with van der Waals surface area (Å²) in [6.07, 6.45) is 2.91. The second-order valence-corrected chi connectivity index (χ2v) is 6.28. The van der Waals surface area contributed by atoms with Gasteiger partial charge in [-0.25, -0.2) is 8.42 Å². The first-order valence-electron chi connectivity index (χ1n) is 4.51. The van der Waals surface area contributed by atoms with Crippen molar-refractivity contribution >= 4 is 27.4 Å². The summed E-state index contributed by atoms with van der Waals surface area (Å²) in [4.78, 5) is 5.22. The Morgan fingerprint density at radius 3 is 3.06 bits per heavy atom. The van der Waals surface area contributed by atoms with Gasteiger partial charge in [0.2, 0.25) is 4.93 Å². The van der Waals surface area contributed by atoms with E-state index in [2.05, 4.69) is 4.84 Å². The Morgan fingerprint density at radius 1 is 1.62 bits per heavy atom. The average molecular weight is 261 g/mol. The van der Waals surface area contributed by atoms with Crippen LogP contribution >= 0.6 is 11.3 Å². The van der Waals surface area contributed by atoms with Crippen LogP contribution in [-0.4, -0.2) is 25.6 Å². The molecule has 0 aliphatic heterocycles. The van der Waals surface area contributed by atoms with Gasteiger partial charge in [-0.3, -0.25) is 4.84 Å². The third-order valence-corrected chi connectivity index (χ3v) is 4.90. The molecule has 0 spiro atoms. The lowest BCUT2D eigenvalue weighted by Crippen LogP contribution is -2.46. The fourth-order valence-electron chi connectivity index (χ4n) is 1.54. The van der Waals surface area contributed by atoms with Crippen molar-refractivity contribution in [2.45, 2.75) is 11.4 Å². The first-order chi connectivity index (χ1) is 7.48. The van der Waals surface area contributed by atoms with E-state index in [9.17, 15) is 13.5 Å². The molecule has 88 valence electrons. The standard InChI is InChI=1S/C9H11NO4S2/c1-14-10-16(12,13)9(11)4-2-8-7(6-9)3-5-15-8/h2-5,10-11H,6H2,1H3. The van der Waals surface area contributed by atoms with Crippen molar-refractivity contribution < 1.29 is 18.4 Å². The highest BCUT2D eigenvalue weighted by Gasteiger charge is 2.42. The lowest BCUT2D eigenvalue weighted by Gasteiger charge is -2.26. The fraction of sp³-hybridized carbons (Fsp3) is 0.333. The molecule has 5 nitrogen and oxygen atoms in total. The number of thiophene rings is 1. The van der Waals surface area contributed by atoms with Crippen molar-refractivity contribution in [3.05, 3.63) is 28.0 Å². The highest BCUT2D eigenvalue weighted by Crippen LogP contribution is 2.32. The molecule has 0 amide bonds. The van der Waals surface area contributed by atoms with E-state index in [0.717, 1.165) is 10.4 Å². The summed E-state index contributed by atoms with van der Waals surface area (Å²) >= 11 is 1.51. The zero-order valence-electron chi connectivity index (χ0n) is 8.50. The molecule has 16 heavy (non-hydrogen) atoms. The van der Waals surface area contributed by atoms with Gasteiger partial charge < -0.3 is 5.11 Å². The fourth-order valence-corrected chi connectivity index (χ4v) is 3.32. The quantitative estimate of drug-likeness (QED) is 0.776. The zero-order chi connectivity index (χ0) is 11.8. The van der Waals surface area contributed by atoms with Crippen molar-refractivity contribution in [2.24, 2.45) is 0 Å². The molecule has 1 heterocycles. The minimum Gasteiger partial charge on any atom is -0.370 e. The lowest BCUT2D eigenvalue weighted by molar-refractivity contribution is 0.124. The Morgan fingerprint density at radius 2 is 2.38 bits per heavy atom. The van der Waals surface area contributed by atoms with Gasteiger partial charge in [-0.1, -0.05) is 4.89 Å². The molecular formula is C9H11NO4S2. The zero-order valence-corrected chi connectivity index (χ0v) is 10.1. The van der Waals surface area contributed by atoms with Gasteiger partial charge in [-0.15, -0.1) is 11.3 Å². The highest BCUT2D eigenvalue weighted by molar-refractivity contribution is 7.90. The topological polar surface area (TPSA) is 75.6 Å². The van der Waals surface area contributed by atoms with E-state index in [4.69, 9.17) is 0 Å². The molecule has 0 fully saturated rings. The van der Waals surface area contributed by atoms with Crippen LogP contribution in [0.3, 0.4) is 0 Å². The Kier molecular flexibility index (Phi) is 2.89. The van der Waals surface area contributed by atoms with Crippen LogP contribution in [0.2, 0.25) is 0 Å². The van der Waals surface area contributed by atoms with Gasteiger partial charge in [0.05, 0.1) is 7.11 Å². The molecule has 0 bridgehead atoms. The van der Waals surface area contributed by atoms with E-state index in [0.29, 0.717) is 0 Å². The summed E-state index contributed by atoms with van der Waals surface area (Å²) in [5.74, 6) is 0. The molecule has 1 aromatic rings. The predicted molar refractivity (Wildman–Crippen MR) is 61.1 cm³/mol. The second kappa shape index (κ2) is 3.94. The van der Waals surface area contributed by atoms with Crippen LogP contribution in [0.25, 0.3) is 6.08 Å². The van der Waals surface area contributed by atoms with E-state index in [1.807, 2.05) is 10.3 Å². The van der Waals surface area contributed by atoms with E-state index >= 15 is 0 Å². The molecule has 0 aromatic carbocycles. The molecule has 1 aliphatic carbocycles. The molecule has 1 atom stereocenters. The van der Waals surface area contributed by atoms with Crippen LogP contribution in [0, 0.1) is 0 Å². The van der Waals surface area contributed by atoms with Crippen molar-refractivity contribution in [2.75, 3.05) is 7.11 Å². The number of sulfonamides is 1. The van der Waals surface area contributed by atoms with Gasteiger partial charge in [0.1, 0.15) is 0 Å². The third kappa shape index (κ3) is 1.80. The number of hydrogen-bond donors (Lipinski definition) is 2. The maximum atomic E-state index is 11.7. The minimum absolute atomic E-state index is 0.0288. The highest BCUT2D eigenvalue weighted by atomic mass is 32.2. The third-order valence-electron chi connectivity index (χ3n) is 2.38.